The van der Waals surface area contributed by atoms with Crippen molar-refractivity contribution in [2.75, 3.05) is 31.2 Å². The number of hydrogen-bond donors (Lipinski definition) is 3. The van der Waals surface area contributed by atoms with E-state index in [2.05, 4.69) is 15.4 Å². The van der Waals surface area contributed by atoms with Crippen molar-refractivity contribution in [1.29, 1.82) is 0 Å². The second-order valence-corrected chi connectivity index (χ2v) is 10.1. The Bertz CT molecular complexity index is 937. The first kappa shape index (κ1) is 23.0. The zero-order valence-electron chi connectivity index (χ0n) is 17.9. The summed E-state index contributed by atoms with van der Waals surface area (Å²) in [5.74, 6) is -0.772. The van der Waals surface area contributed by atoms with E-state index in [4.69, 9.17) is 0 Å². The van der Waals surface area contributed by atoms with Crippen molar-refractivity contribution in [3.8, 4) is 0 Å². The molecule has 0 aliphatic carbocycles. The minimum Gasteiger partial charge on any atom is -0.353 e. The molecule has 0 saturated carbocycles. The van der Waals surface area contributed by atoms with Crippen LogP contribution in [-0.4, -0.2) is 80.1 Å². The van der Waals surface area contributed by atoms with Crippen LogP contribution < -0.4 is 15.4 Å². The average molecular weight is 452 g/mol. The lowest BCUT2D eigenvalue weighted by molar-refractivity contribution is -0.141. The van der Waals surface area contributed by atoms with E-state index in [-0.39, 0.29) is 43.4 Å². The summed E-state index contributed by atoms with van der Waals surface area (Å²) in [6, 6.07) is 6.87. The van der Waals surface area contributed by atoms with Gasteiger partial charge in [-0.2, -0.15) is 0 Å². The van der Waals surface area contributed by atoms with Crippen molar-refractivity contribution in [2.45, 2.75) is 38.4 Å². The average Bonchev–Trinajstić information content (AvgIpc) is 3.08. The summed E-state index contributed by atoms with van der Waals surface area (Å²) in [5, 5.41) is 5.53. The molecule has 2 aliphatic heterocycles. The van der Waals surface area contributed by atoms with E-state index in [0.717, 1.165) is 6.26 Å². The maximum Gasteiger partial charge on any atom is 0.322 e. The first-order valence-electron chi connectivity index (χ1n) is 10.2. The van der Waals surface area contributed by atoms with Crippen molar-refractivity contribution in [3.63, 3.8) is 0 Å². The van der Waals surface area contributed by atoms with Crippen molar-refractivity contribution in [3.05, 3.63) is 30.3 Å². The third-order valence-electron chi connectivity index (χ3n) is 5.43. The second kappa shape index (κ2) is 9.23. The second-order valence-electron chi connectivity index (χ2n) is 8.33. The molecule has 1 aromatic carbocycles. The maximum atomic E-state index is 13.2. The van der Waals surface area contributed by atoms with Crippen LogP contribution in [0.3, 0.4) is 0 Å². The molecule has 11 heteroatoms. The Hall–Kier alpha value is -2.66. The number of benzene rings is 1. The fourth-order valence-electron chi connectivity index (χ4n) is 3.97. The van der Waals surface area contributed by atoms with Gasteiger partial charge in [0.1, 0.15) is 6.04 Å². The number of fused-ring (bicyclic) bond motifs is 1. The van der Waals surface area contributed by atoms with E-state index in [1.807, 2.05) is 6.07 Å². The van der Waals surface area contributed by atoms with Crippen LogP contribution in [0.1, 0.15) is 20.3 Å². The van der Waals surface area contributed by atoms with Gasteiger partial charge in [0.15, 0.2) is 0 Å². The van der Waals surface area contributed by atoms with E-state index in [9.17, 15) is 22.8 Å². The van der Waals surface area contributed by atoms with Crippen LogP contribution in [-0.2, 0) is 19.6 Å². The molecule has 0 spiro atoms. The molecule has 2 fully saturated rings. The summed E-state index contributed by atoms with van der Waals surface area (Å²) < 4.78 is 25.8. The number of rotatable bonds is 6. The zero-order valence-corrected chi connectivity index (χ0v) is 18.7. The highest BCUT2D eigenvalue weighted by atomic mass is 32.2. The number of piperazine rings is 1. The van der Waals surface area contributed by atoms with Gasteiger partial charge < -0.3 is 20.4 Å². The lowest BCUT2D eigenvalue weighted by Crippen LogP contribution is -2.64. The lowest BCUT2D eigenvalue weighted by atomic mass is 10.1. The summed E-state index contributed by atoms with van der Waals surface area (Å²) in [6.45, 7) is 3.96. The molecule has 3 rings (SSSR count). The molecular weight excluding hydrogens is 422 g/mol. The highest BCUT2D eigenvalue weighted by molar-refractivity contribution is 7.88. The summed E-state index contributed by atoms with van der Waals surface area (Å²) in [7, 11) is -3.42. The fourth-order valence-corrected chi connectivity index (χ4v) is 4.74. The number of nitrogens with zero attached hydrogens (tertiary/aromatic N) is 2. The normalized spacial score (nSPS) is 23.6. The number of para-hydroxylation sites is 1. The number of sulfonamides is 1. The first-order chi connectivity index (χ1) is 14.5. The third-order valence-corrected chi connectivity index (χ3v) is 6.19. The van der Waals surface area contributed by atoms with Crippen molar-refractivity contribution >= 4 is 33.6 Å². The lowest BCUT2D eigenvalue weighted by Gasteiger charge is -2.42. The molecule has 0 aromatic heterocycles. The van der Waals surface area contributed by atoms with E-state index in [1.54, 1.807) is 43.0 Å². The molecule has 31 heavy (non-hydrogen) atoms. The molecule has 0 bridgehead atoms. The Morgan fingerprint density at radius 2 is 1.84 bits per heavy atom. The topological polar surface area (TPSA) is 128 Å². The summed E-state index contributed by atoms with van der Waals surface area (Å²) in [6.07, 6.45) is 1.50. The number of urea groups is 1. The van der Waals surface area contributed by atoms with Crippen LogP contribution in [0.25, 0.3) is 0 Å². The molecule has 10 nitrogen and oxygen atoms in total. The zero-order chi connectivity index (χ0) is 22.8. The number of carbonyl (C=O) groups excluding carboxylic acids is 3. The van der Waals surface area contributed by atoms with Gasteiger partial charge in [0.05, 0.1) is 12.3 Å². The minimum atomic E-state index is -3.42. The van der Waals surface area contributed by atoms with Gasteiger partial charge in [0, 0.05) is 37.3 Å². The van der Waals surface area contributed by atoms with E-state index in [1.165, 1.54) is 4.90 Å². The van der Waals surface area contributed by atoms with Crippen molar-refractivity contribution in [1.82, 2.24) is 19.8 Å². The van der Waals surface area contributed by atoms with Gasteiger partial charge in [0.25, 0.3) is 0 Å². The van der Waals surface area contributed by atoms with Gasteiger partial charge in [-0.1, -0.05) is 32.0 Å². The SMILES string of the molecule is CC(C)C(=O)NC[C@H]1C(=O)N2C[C@@H](NS(C)(=O)=O)C[C@H]2CN1C(=O)Nc1ccccc1. The number of anilines is 1. The smallest absolute Gasteiger partial charge is 0.322 e. The Morgan fingerprint density at radius 1 is 1.16 bits per heavy atom. The van der Waals surface area contributed by atoms with Crippen LogP contribution in [0, 0.1) is 5.92 Å². The monoisotopic (exact) mass is 451 g/mol. The van der Waals surface area contributed by atoms with Gasteiger partial charge >= 0.3 is 6.03 Å². The molecular formula is C20H29N5O5S. The van der Waals surface area contributed by atoms with E-state index < -0.39 is 28.1 Å². The molecule has 170 valence electrons. The molecule has 0 radical (unpaired) electrons. The highest BCUT2D eigenvalue weighted by Crippen LogP contribution is 2.27. The number of amides is 4. The van der Waals surface area contributed by atoms with Crippen LogP contribution in [0.15, 0.2) is 30.3 Å². The van der Waals surface area contributed by atoms with Crippen LogP contribution in [0.2, 0.25) is 0 Å². The number of hydrogen-bond acceptors (Lipinski definition) is 5. The largest absolute Gasteiger partial charge is 0.353 e. The molecule has 2 saturated heterocycles. The molecule has 4 amide bonds. The molecule has 1 aromatic rings. The standard InChI is InChI=1S/C20H29N5O5S/c1-13(2)18(26)21-10-17-19(27)24-11-15(23-31(3,29)30)9-16(24)12-25(17)20(28)22-14-7-5-4-6-8-14/h4-8,13,15-17,23H,9-12H2,1-3H3,(H,21,26)(H,22,28)/t15-,16-,17-/m0/s1. The van der Waals surface area contributed by atoms with Gasteiger partial charge in [0.2, 0.25) is 21.8 Å². The molecule has 3 N–H and O–H groups in total. The molecule has 2 aliphatic rings. The van der Waals surface area contributed by atoms with Crippen molar-refractivity contribution in [2.24, 2.45) is 5.92 Å². The summed E-state index contributed by atoms with van der Waals surface area (Å²) in [4.78, 5) is 41.4. The van der Waals surface area contributed by atoms with Crippen molar-refractivity contribution < 1.29 is 22.8 Å². The number of nitrogens with one attached hydrogen (secondary N) is 3. The fraction of sp³-hybridized carbons (Fsp3) is 0.550. The summed E-state index contributed by atoms with van der Waals surface area (Å²) in [5.41, 5.74) is 0.593. The Kier molecular flexibility index (Phi) is 6.85. The van der Waals surface area contributed by atoms with Gasteiger partial charge in [-0.15, -0.1) is 0 Å². The van der Waals surface area contributed by atoms with Crippen LogP contribution in [0.5, 0.6) is 0 Å². The van der Waals surface area contributed by atoms with Gasteiger partial charge in [-0.05, 0) is 18.6 Å². The van der Waals surface area contributed by atoms with E-state index in [0.29, 0.717) is 12.1 Å². The minimum absolute atomic E-state index is 0.00848. The summed E-state index contributed by atoms with van der Waals surface area (Å²) >= 11 is 0. The third kappa shape index (κ3) is 5.73. The Morgan fingerprint density at radius 3 is 2.45 bits per heavy atom. The first-order valence-corrected chi connectivity index (χ1v) is 12.1. The van der Waals surface area contributed by atoms with Gasteiger partial charge in [-0.3, -0.25) is 9.59 Å². The molecule has 0 unspecified atom stereocenters. The quantitative estimate of drug-likeness (QED) is 0.569. The van der Waals surface area contributed by atoms with Crippen LogP contribution >= 0.6 is 0 Å². The highest BCUT2D eigenvalue weighted by Gasteiger charge is 2.47. The predicted octanol–water partition coefficient (Wildman–Crippen LogP) is 0.194. The van der Waals surface area contributed by atoms with E-state index >= 15 is 0 Å². The number of carbonyl (C=O) groups is 3. The maximum absolute atomic E-state index is 13.2. The molecule has 2 heterocycles. The Balaban J connectivity index is 1.79. The molecule has 3 atom stereocenters. The Labute approximate surface area is 182 Å². The predicted molar refractivity (Wildman–Crippen MR) is 116 cm³/mol. The van der Waals surface area contributed by atoms with Crippen LogP contribution in [0.4, 0.5) is 10.5 Å². The van der Waals surface area contributed by atoms with Gasteiger partial charge in [-0.25, -0.2) is 17.9 Å².